The molecule has 2 rings (SSSR count). The number of amides is 2. The van der Waals surface area contributed by atoms with Crippen LogP contribution in [0.25, 0.3) is 0 Å². The summed E-state index contributed by atoms with van der Waals surface area (Å²) < 4.78 is 1.64. The molecule has 0 aliphatic heterocycles. The number of carbonyl (C=O) groups is 2. The molecule has 0 unspecified atom stereocenters. The first-order valence-corrected chi connectivity index (χ1v) is 5.92. The number of nitrogens with zero attached hydrogens (tertiary/aromatic N) is 2. The molecule has 20 heavy (non-hydrogen) atoms. The topological polar surface area (TPSA) is 96.3 Å². The zero-order valence-corrected chi connectivity index (χ0v) is 10.8. The van der Waals surface area contributed by atoms with Crippen LogP contribution in [0.5, 0.6) is 0 Å². The van der Waals surface area contributed by atoms with E-state index in [4.69, 9.17) is 5.11 Å². The SMILES string of the molecule is Cn1nccc1CNC(=O)Nc1ccccc1C(=O)O. The zero-order chi connectivity index (χ0) is 14.5. The van der Waals surface area contributed by atoms with E-state index >= 15 is 0 Å². The minimum absolute atomic E-state index is 0.0446. The van der Waals surface area contributed by atoms with Crippen molar-refractivity contribution in [2.24, 2.45) is 7.05 Å². The Morgan fingerprint density at radius 3 is 2.70 bits per heavy atom. The van der Waals surface area contributed by atoms with Crippen LogP contribution in [0.3, 0.4) is 0 Å². The molecule has 0 radical (unpaired) electrons. The van der Waals surface area contributed by atoms with Gasteiger partial charge in [0, 0.05) is 13.2 Å². The van der Waals surface area contributed by atoms with Crippen LogP contribution in [-0.2, 0) is 13.6 Å². The third-order valence-electron chi connectivity index (χ3n) is 2.76. The van der Waals surface area contributed by atoms with Crippen molar-refractivity contribution in [3.8, 4) is 0 Å². The largest absolute Gasteiger partial charge is 0.478 e. The third-order valence-corrected chi connectivity index (χ3v) is 2.76. The molecule has 1 aromatic heterocycles. The molecule has 104 valence electrons. The van der Waals surface area contributed by atoms with Crippen LogP contribution < -0.4 is 10.6 Å². The van der Waals surface area contributed by atoms with Crippen molar-refractivity contribution in [1.82, 2.24) is 15.1 Å². The van der Waals surface area contributed by atoms with Gasteiger partial charge in [-0.1, -0.05) is 12.1 Å². The lowest BCUT2D eigenvalue weighted by molar-refractivity contribution is 0.0698. The van der Waals surface area contributed by atoms with Crippen LogP contribution >= 0.6 is 0 Å². The normalized spacial score (nSPS) is 10.1. The lowest BCUT2D eigenvalue weighted by Gasteiger charge is -2.09. The Morgan fingerprint density at radius 2 is 2.05 bits per heavy atom. The first-order chi connectivity index (χ1) is 9.58. The smallest absolute Gasteiger partial charge is 0.337 e. The number of carboxylic acid groups (broad SMARTS) is 1. The quantitative estimate of drug-likeness (QED) is 0.786. The molecular formula is C13H14N4O3. The van der Waals surface area contributed by atoms with Crippen molar-refractivity contribution in [1.29, 1.82) is 0 Å². The Hall–Kier alpha value is -2.83. The van der Waals surface area contributed by atoms with Gasteiger partial charge < -0.3 is 15.7 Å². The van der Waals surface area contributed by atoms with Crippen LogP contribution in [0.15, 0.2) is 36.5 Å². The van der Waals surface area contributed by atoms with E-state index in [9.17, 15) is 9.59 Å². The van der Waals surface area contributed by atoms with Crippen molar-refractivity contribution in [2.45, 2.75) is 6.54 Å². The third kappa shape index (κ3) is 3.14. The van der Waals surface area contributed by atoms with Gasteiger partial charge in [0.15, 0.2) is 0 Å². The number of para-hydroxylation sites is 1. The average Bonchev–Trinajstić information content (AvgIpc) is 2.82. The Morgan fingerprint density at radius 1 is 1.30 bits per heavy atom. The van der Waals surface area contributed by atoms with Crippen LogP contribution in [0.4, 0.5) is 10.5 Å². The van der Waals surface area contributed by atoms with E-state index in [1.807, 2.05) is 0 Å². The number of hydrogen-bond acceptors (Lipinski definition) is 3. The fourth-order valence-corrected chi connectivity index (χ4v) is 1.69. The van der Waals surface area contributed by atoms with Gasteiger partial charge in [-0.3, -0.25) is 4.68 Å². The number of aromatic carboxylic acids is 1. The minimum atomic E-state index is -1.09. The molecule has 0 aliphatic carbocycles. The molecule has 0 spiro atoms. The van der Waals surface area contributed by atoms with Crippen molar-refractivity contribution >= 4 is 17.7 Å². The van der Waals surface area contributed by atoms with Crippen LogP contribution in [0, 0.1) is 0 Å². The molecular weight excluding hydrogens is 260 g/mol. The summed E-state index contributed by atoms with van der Waals surface area (Å²) in [5.74, 6) is -1.09. The van der Waals surface area contributed by atoms with Gasteiger partial charge in [-0.2, -0.15) is 5.10 Å². The van der Waals surface area contributed by atoms with Gasteiger partial charge in [0.2, 0.25) is 0 Å². The zero-order valence-electron chi connectivity index (χ0n) is 10.8. The maximum absolute atomic E-state index is 11.7. The number of anilines is 1. The van der Waals surface area contributed by atoms with E-state index in [1.54, 1.807) is 36.1 Å². The number of carboxylic acids is 1. The van der Waals surface area contributed by atoms with Crippen molar-refractivity contribution < 1.29 is 14.7 Å². The van der Waals surface area contributed by atoms with Gasteiger partial charge in [-0.25, -0.2) is 9.59 Å². The summed E-state index contributed by atoms with van der Waals surface area (Å²) >= 11 is 0. The summed E-state index contributed by atoms with van der Waals surface area (Å²) in [6, 6.07) is 7.53. The Kier molecular flexibility index (Phi) is 3.99. The predicted molar refractivity (Wildman–Crippen MR) is 72.5 cm³/mol. The molecule has 0 saturated heterocycles. The van der Waals surface area contributed by atoms with Crippen LogP contribution in [0.1, 0.15) is 16.1 Å². The van der Waals surface area contributed by atoms with Crippen molar-refractivity contribution in [2.75, 3.05) is 5.32 Å². The number of urea groups is 1. The Balaban J connectivity index is 1.98. The summed E-state index contributed by atoms with van der Waals surface area (Å²) in [4.78, 5) is 22.8. The standard InChI is InChI=1S/C13H14N4O3/c1-17-9(6-7-15-17)8-14-13(20)16-11-5-3-2-4-10(11)12(18)19/h2-7H,8H2,1H3,(H,18,19)(H2,14,16,20). The van der Waals surface area contributed by atoms with Gasteiger partial charge in [0.05, 0.1) is 23.5 Å². The molecule has 2 amide bonds. The van der Waals surface area contributed by atoms with Crippen LogP contribution in [-0.4, -0.2) is 26.9 Å². The van der Waals surface area contributed by atoms with Gasteiger partial charge in [0.1, 0.15) is 0 Å². The molecule has 0 atom stereocenters. The molecule has 0 saturated carbocycles. The summed E-state index contributed by atoms with van der Waals surface area (Å²) in [6.45, 7) is 0.303. The second-order valence-corrected chi connectivity index (χ2v) is 4.10. The maximum Gasteiger partial charge on any atom is 0.337 e. The van der Waals surface area contributed by atoms with E-state index in [2.05, 4.69) is 15.7 Å². The number of rotatable bonds is 4. The molecule has 0 aliphatic rings. The fourth-order valence-electron chi connectivity index (χ4n) is 1.69. The highest BCUT2D eigenvalue weighted by molar-refractivity contribution is 5.99. The van der Waals surface area contributed by atoms with Gasteiger partial charge in [-0.05, 0) is 18.2 Å². The van der Waals surface area contributed by atoms with Gasteiger partial charge in [-0.15, -0.1) is 0 Å². The molecule has 1 aromatic carbocycles. The number of aryl methyl sites for hydroxylation is 1. The Labute approximate surface area is 115 Å². The molecule has 3 N–H and O–H groups in total. The summed E-state index contributed by atoms with van der Waals surface area (Å²) in [7, 11) is 1.77. The van der Waals surface area contributed by atoms with E-state index in [1.165, 1.54) is 12.1 Å². The molecule has 2 aromatic rings. The average molecular weight is 274 g/mol. The highest BCUT2D eigenvalue weighted by atomic mass is 16.4. The van der Waals surface area contributed by atoms with Crippen molar-refractivity contribution in [3.63, 3.8) is 0 Å². The predicted octanol–water partition coefficient (Wildman–Crippen LogP) is 1.44. The molecule has 1 heterocycles. The van der Waals surface area contributed by atoms with Gasteiger partial charge >= 0.3 is 12.0 Å². The second-order valence-electron chi connectivity index (χ2n) is 4.10. The lowest BCUT2D eigenvalue weighted by Crippen LogP contribution is -2.29. The number of aromatic nitrogens is 2. The fraction of sp³-hybridized carbons (Fsp3) is 0.154. The number of nitrogens with one attached hydrogen (secondary N) is 2. The van der Waals surface area contributed by atoms with E-state index in [-0.39, 0.29) is 11.3 Å². The van der Waals surface area contributed by atoms with E-state index in [0.717, 1.165) is 5.69 Å². The molecule has 0 fully saturated rings. The number of carbonyl (C=O) groups excluding carboxylic acids is 1. The van der Waals surface area contributed by atoms with Gasteiger partial charge in [0.25, 0.3) is 0 Å². The Bertz CT molecular complexity index is 636. The molecule has 0 bridgehead atoms. The molecule has 7 heteroatoms. The number of hydrogen-bond donors (Lipinski definition) is 3. The lowest BCUT2D eigenvalue weighted by atomic mass is 10.2. The highest BCUT2D eigenvalue weighted by Crippen LogP contribution is 2.14. The first kappa shape index (κ1) is 13.6. The summed E-state index contributed by atoms with van der Waals surface area (Å²) in [6.07, 6.45) is 1.63. The van der Waals surface area contributed by atoms with E-state index in [0.29, 0.717) is 6.54 Å². The maximum atomic E-state index is 11.7. The van der Waals surface area contributed by atoms with Crippen LogP contribution in [0.2, 0.25) is 0 Å². The highest BCUT2D eigenvalue weighted by Gasteiger charge is 2.11. The van der Waals surface area contributed by atoms with Crippen molar-refractivity contribution in [3.05, 3.63) is 47.8 Å². The summed E-state index contributed by atoms with van der Waals surface area (Å²) in [5.41, 5.74) is 1.14. The second kappa shape index (κ2) is 5.87. The molecule has 7 nitrogen and oxygen atoms in total. The van der Waals surface area contributed by atoms with E-state index < -0.39 is 12.0 Å². The number of benzene rings is 1. The first-order valence-electron chi connectivity index (χ1n) is 5.92. The minimum Gasteiger partial charge on any atom is -0.478 e. The summed E-state index contributed by atoms with van der Waals surface area (Å²) in [5, 5.41) is 18.1. The monoisotopic (exact) mass is 274 g/mol.